The summed E-state index contributed by atoms with van der Waals surface area (Å²) < 4.78 is 5.20. The number of furan rings is 1. The Labute approximate surface area is 179 Å². The molecule has 1 N–H and O–H groups in total. The van der Waals surface area contributed by atoms with Crippen LogP contribution in [0.5, 0.6) is 0 Å². The predicted molar refractivity (Wildman–Crippen MR) is 117 cm³/mol. The third kappa shape index (κ3) is 5.04. The van der Waals surface area contributed by atoms with Gasteiger partial charge in [0.15, 0.2) is 0 Å². The van der Waals surface area contributed by atoms with E-state index < -0.39 is 0 Å². The number of piperidine rings is 1. The van der Waals surface area contributed by atoms with Gasteiger partial charge in [-0.1, -0.05) is 30.3 Å². The molecule has 4 rings (SSSR count). The van der Waals surface area contributed by atoms with Crippen LogP contribution in [0.25, 0.3) is 16.6 Å². The topological polar surface area (TPSA) is 75.4 Å². The Morgan fingerprint density at radius 2 is 1.97 bits per heavy atom. The molecule has 0 atom stereocenters. The van der Waals surface area contributed by atoms with Gasteiger partial charge in [0, 0.05) is 36.7 Å². The fourth-order valence-corrected chi connectivity index (χ4v) is 4.23. The average Bonchev–Trinajstić information content (AvgIpc) is 3.49. The first-order valence-electron chi connectivity index (χ1n) is 9.98. The van der Waals surface area contributed by atoms with Crippen LogP contribution in [0.2, 0.25) is 0 Å². The van der Waals surface area contributed by atoms with E-state index in [1.807, 2.05) is 41.3 Å². The molecule has 3 aromatic rings. The fourth-order valence-electron chi connectivity index (χ4n) is 3.42. The van der Waals surface area contributed by atoms with Gasteiger partial charge in [0.05, 0.1) is 6.26 Å². The van der Waals surface area contributed by atoms with Crippen molar-refractivity contribution in [1.82, 2.24) is 15.2 Å². The molecule has 1 fully saturated rings. The number of aromatic nitrogens is 1. The highest BCUT2D eigenvalue weighted by Gasteiger charge is 2.22. The van der Waals surface area contributed by atoms with Gasteiger partial charge >= 0.3 is 0 Å². The second kappa shape index (κ2) is 9.54. The van der Waals surface area contributed by atoms with Crippen LogP contribution in [-0.2, 0) is 4.79 Å². The van der Waals surface area contributed by atoms with Crippen LogP contribution in [0.3, 0.4) is 0 Å². The zero-order valence-electron chi connectivity index (χ0n) is 16.5. The Hall–Kier alpha value is -3.19. The van der Waals surface area contributed by atoms with Gasteiger partial charge in [0.2, 0.25) is 5.91 Å². The lowest BCUT2D eigenvalue weighted by Crippen LogP contribution is -2.41. The van der Waals surface area contributed by atoms with E-state index in [0.717, 1.165) is 23.4 Å². The summed E-state index contributed by atoms with van der Waals surface area (Å²) in [7, 11) is 0. The quantitative estimate of drug-likeness (QED) is 0.609. The number of thiazole rings is 1. The number of likely N-dealkylation sites (tertiary alicyclic amines) is 1. The second-order valence-electron chi connectivity index (χ2n) is 7.23. The van der Waals surface area contributed by atoms with E-state index in [9.17, 15) is 9.59 Å². The van der Waals surface area contributed by atoms with E-state index in [0.29, 0.717) is 37.0 Å². The Kier molecular flexibility index (Phi) is 6.39. The predicted octanol–water partition coefficient (Wildman–Crippen LogP) is 4.08. The molecule has 0 spiro atoms. The summed E-state index contributed by atoms with van der Waals surface area (Å²) in [6, 6.07) is 13.4. The van der Waals surface area contributed by atoms with Gasteiger partial charge in [-0.25, -0.2) is 4.98 Å². The summed E-state index contributed by atoms with van der Waals surface area (Å²) >= 11 is 1.47. The average molecular weight is 422 g/mol. The number of carbonyl (C=O) groups excluding carboxylic acids is 2. The Bertz CT molecular complexity index is 1000. The van der Waals surface area contributed by atoms with Gasteiger partial charge in [-0.05, 0) is 37.0 Å². The molecule has 2 aromatic heterocycles. The highest BCUT2D eigenvalue weighted by Crippen LogP contribution is 2.23. The summed E-state index contributed by atoms with van der Waals surface area (Å²) in [5.74, 6) is 0.871. The summed E-state index contributed by atoms with van der Waals surface area (Å²) in [5.41, 5.74) is 1.47. The van der Waals surface area contributed by atoms with Crippen LogP contribution in [0.15, 0.2) is 64.6 Å². The standard InChI is InChI=1S/C23H23N3O3S/c27-21(9-8-19-7-4-14-29-19)26-12-10-17(11-13-26)15-24-22(28)20-16-30-23(25-20)18-5-2-1-3-6-18/h1-9,14,16-17H,10-13,15H2,(H,24,28)/b9-8+. The molecule has 0 bridgehead atoms. The molecule has 2 amide bonds. The first-order chi connectivity index (χ1) is 14.7. The van der Waals surface area contributed by atoms with E-state index in [-0.39, 0.29) is 11.8 Å². The first kappa shape index (κ1) is 20.1. The minimum atomic E-state index is -0.145. The van der Waals surface area contributed by atoms with Gasteiger partial charge < -0.3 is 14.6 Å². The molecule has 0 saturated carbocycles. The molecule has 1 saturated heterocycles. The number of nitrogens with one attached hydrogen (secondary N) is 1. The van der Waals surface area contributed by atoms with Crippen molar-refractivity contribution < 1.29 is 14.0 Å². The molecule has 3 heterocycles. The van der Waals surface area contributed by atoms with Crippen LogP contribution < -0.4 is 5.32 Å². The summed E-state index contributed by atoms with van der Waals surface area (Å²) in [5, 5.41) is 5.64. The van der Waals surface area contributed by atoms with E-state index in [1.165, 1.54) is 11.3 Å². The third-order valence-corrected chi connectivity index (χ3v) is 6.06. The van der Waals surface area contributed by atoms with E-state index >= 15 is 0 Å². The summed E-state index contributed by atoms with van der Waals surface area (Å²) in [6.07, 6.45) is 6.55. The molecule has 30 heavy (non-hydrogen) atoms. The van der Waals surface area contributed by atoms with Crippen molar-refractivity contribution in [3.63, 3.8) is 0 Å². The zero-order valence-corrected chi connectivity index (χ0v) is 17.3. The molecule has 0 unspecified atom stereocenters. The Morgan fingerprint density at radius 3 is 2.70 bits per heavy atom. The second-order valence-corrected chi connectivity index (χ2v) is 8.09. The SMILES string of the molecule is O=C(NCC1CCN(C(=O)/C=C/c2ccco2)CC1)c1csc(-c2ccccc2)n1. The van der Waals surface area contributed by atoms with Crippen molar-refractivity contribution in [2.75, 3.05) is 19.6 Å². The minimum Gasteiger partial charge on any atom is -0.465 e. The molecule has 7 heteroatoms. The fraction of sp³-hybridized carbons (Fsp3) is 0.261. The van der Waals surface area contributed by atoms with Crippen LogP contribution in [0.1, 0.15) is 29.1 Å². The van der Waals surface area contributed by atoms with Gasteiger partial charge in [-0.3, -0.25) is 9.59 Å². The maximum absolute atomic E-state index is 12.5. The normalized spacial score (nSPS) is 14.9. The maximum Gasteiger partial charge on any atom is 0.270 e. The lowest BCUT2D eigenvalue weighted by atomic mass is 9.96. The first-order valence-corrected chi connectivity index (χ1v) is 10.9. The van der Waals surface area contributed by atoms with Crippen molar-refractivity contribution >= 4 is 29.2 Å². The highest BCUT2D eigenvalue weighted by molar-refractivity contribution is 7.13. The smallest absolute Gasteiger partial charge is 0.270 e. The lowest BCUT2D eigenvalue weighted by Gasteiger charge is -2.31. The zero-order chi connectivity index (χ0) is 20.8. The van der Waals surface area contributed by atoms with Crippen molar-refractivity contribution in [3.05, 3.63) is 71.6 Å². The van der Waals surface area contributed by atoms with Crippen molar-refractivity contribution in [2.45, 2.75) is 12.8 Å². The maximum atomic E-state index is 12.5. The molecule has 0 aliphatic carbocycles. The molecule has 0 radical (unpaired) electrons. The number of rotatable bonds is 6. The van der Waals surface area contributed by atoms with Gasteiger partial charge in [-0.2, -0.15) is 0 Å². The van der Waals surface area contributed by atoms with Crippen LogP contribution >= 0.6 is 11.3 Å². The van der Waals surface area contributed by atoms with Crippen LogP contribution in [-0.4, -0.2) is 41.3 Å². The number of hydrogen-bond acceptors (Lipinski definition) is 5. The molecule has 154 valence electrons. The summed E-state index contributed by atoms with van der Waals surface area (Å²) in [4.78, 5) is 31.0. The molecule has 6 nitrogen and oxygen atoms in total. The van der Waals surface area contributed by atoms with Crippen molar-refractivity contribution in [2.24, 2.45) is 5.92 Å². The molecule has 1 aliphatic rings. The van der Waals surface area contributed by atoms with Gasteiger partial charge in [-0.15, -0.1) is 11.3 Å². The number of nitrogens with zero attached hydrogens (tertiary/aromatic N) is 2. The van der Waals surface area contributed by atoms with E-state index in [4.69, 9.17) is 4.42 Å². The number of carbonyl (C=O) groups is 2. The van der Waals surface area contributed by atoms with E-state index in [2.05, 4.69) is 10.3 Å². The van der Waals surface area contributed by atoms with Crippen molar-refractivity contribution in [1.29, 1.82) is 0 Å². The third-order valence-electron chi connectivity index (χ3n) is 5.17. The molecule has 1 aromatic carbocycles. The molecular weight excluding hydrogens is 398 g/mol. The Balaban J connectivity index is 1.22. The Morgan fingerprint density at radius 1 is 1.17 bits per heavy atom. The van der Waals surface area contributed by atoms with Crippen LogP contribution in [0.4, 0.5) is 0 Å². The van der Waals surface area contributed by atoms with E-state index in [1.54, 1.807) is 29.9 Å². The van der Waals surface area contributed by atoms with Crippen LogP contribution in [0, 0.1) is 5.92 Å². The minimum absolute atomic E-state index is 0.00944. The number of benzene rings is 1. The lowest BCUT2D eigenvalue weighted by molar-refractivity contribution is -0.127. The number of amides is 2. The highest BCUT2D eigenvalue weighted by atomic mass is 32.1. The largest absolute Gasteiger partial charge is 0.465 e. The number of hydrogen-bond donors (Lipinski definition) is 1. The molecular formula is C23H23N3O3S. The molecule has 1 aliphatic heterocycles. The monoisotopic (exact) mass is 421 g/mol. The summed E-state index contributed by atoms with van der Waals surface area (Å²) in [6.45, 7) is 1.98. The van der Waals surface area contributed by atoms with Gasteiger partial charge in [0.25, 0.3) is 5.91 Å². The van der Waals surface area contributed by atoms with Crippen molar-refractivity contribution in [3.8, 4) is 10.6 Å². The van der Waals surface area contributed by atoms with Gasteiger partial charge in [0.1, 0.15) is 16.5 Å².